The summed E-state index contributed by atoms with van der Waals surface area (Å²) in [5.74, 6) is 0. The summed E-state index contributed by atoms with van der Waals surface area (Å²) in [6, 6.07) is 19.2. The molecule has 3 aromatic rings. The third kappa shape index (κ3) is 2.69. The average molecular weight is 251 g/mol. The Hall–Kier alpha value is -2.06. The minimum atomic E-state index is 1.04. The van der Waals surface area contributed by atoms with Gasteiger partial charge in [0.25, 0.3) is 0 Å². The van der Waals surface area contributed by atoms with E-state index in [1.54, 1.807) is 0 Å². The number of fused-ring (bicyclic) bond motifs is 1. The van der Waals surface area contributed by atoms with E-state index in [1.165, 1.54) is 26.9 Å². The molecule has 3 rings (SSSR count). The minimum Gasteiger partial charge on any atom is -0.361 e. The van der Waals surface area contributed by atoms with Gasteiger partial charge < -0.3 is 9.88 Å². The van der Waals surface area contributed by atoms with Crippen molar-refractivity contribution in [3.8, 4) is 0 Å². The van der Waals surface area contributed by atoms with Gasteiger partial charge in [0.1, 0.15) is 13.1 Å². The first-order valence-electron chi connectivity index (χ1n) is 6.73. The third-order valence-electron chi connectivity index (χ3n) is 3.52. The van der Waals surface area contributed by atoms with Gasteiger partial charge in [-0.15, -0.1) is 0 Å². The standard InChI is InChI=1S/C17H18N2/c1-19(12-14-7-3-2-4-8-14)13-15-11-18-17-10-6-5-9-16(15)17/h2-11,18H,12-13H2,1H3/p+1. The van der Waals surface area contributed by atoms with Crippen molar-refractivity contribution in [3.63, 3.8) is 0 Å². The first-order valence-corrected chi connectivity index (χ1v) is 6.73. The van der Waals surface area contributed by atoms with E-state index in [0.717, 1.165) is 13.1 Å². The van der Waals surface area contributed by atoms with Crippen molar-refractivity contribution in [2.75, 3.05) is 7.05 Å². The second kappa shape index (κ2) is 5.29. The summed E-state index contributed by atoms with van der Waals surface area (Å²) >= 11 is 0. The summed E-state index contributed by atoms with van der Waals surface area (Å²) in [6.07, 6.45) is 2.14. The normalized spacial score (nSPS) is 12.7. The number of hydrogen-bond acceptors (Lipinski definition) is 0. The van der Waals surface area contributed by atoms with Crippen LogP contribution in [0, 0.1) is 0 Å². The largest absolute Gasteiger partial charge is 0.361 e. The second-order valence-corrected chi connectivity index (χ2v) is 5.16. The van der Waals surface area contributed by atoms with Gasteiger partial charge >= 0.3 is 0 Å². The van der Waals surface area contributed by atoms with Crippen LogP contribution >= 0.6 is 0 Å². The van der Waals surface area contributed by atoms with E-state index >= 15 is 0 Å². The number of quaternary nitrogens is 1. The Morgan fingerprint density at radius 2 is 1.63 bits per heavy atom. The number of aromatic amines is 1. The Morgan fingerprint density at radius 1 is 0.895 bits per heavy atom. The monoisotopic (exact) mass is 251 g/mol. The Labute approximate surface area is 113 Å². The topological polar surface area (TPSA) is 20.2 Å². The lowest BCUT2D eigenvalue weighted by Crippen LogP contribution is -3.06. The van der Waals surface area contributed by atoms with Crippen molar-refractivity contribution in [3.05, 3.63) is 71.9 Å². The zero-order chi connectivity index (χ0) is 13.1. The molecule has 96 valence electrons. The summed E-state index contributed by atoms with van der Waals surface area (Å²) in [4.78, 5) is 4.84. The molecule has 2 nitrogen and oxygen atoms in total. The van der Waals surface area contributed by atoms with Gasteiger partial charge in [0.15, 0.2) is 0 Å². The highest BCUT2D eigenvalue weighted by atomic mass is 15.1. The van der Waals surface area contributed by atoms with E-state index in [2.05, 4.69) is 72.8 Å². The van der Waals surface area contributed by atoms with E-state index < -0.39 is 0 Å². The molecule has 0 saturated carbocycles. The lowest BCUT2D eigenvalue weighted by molar-refractivity contribution is -0.907. The van der Waals surface area contributed by atoms with Gasteiger partial charge in [0.2, 0.25) is 0 Å². The molecule has 0 radical (unpaired) electrons. The number of rotatable bonds is 4. The first-order chi connectivity index (χ1) is 9.33. The van der Waals surface area contributed by atoms with Crippen molar-refractivity contribution in [1.82, 2.24) is 4.98 Å². The van der Waals surface area contributed by atoms with Crippen LogP contribution in [0.15, 0.2) is 60.8 Å². The predicted octanol–water partition coefficient (Wildman–Crippen LogP) is 2.38. The van der Waals surface area contributed by atoms with Crippen molar-refractivity contribution >= 4 is 10.9 Å². The SMILES string of the molecule is C[NH+](Cc1ccccc1)Cc1c[nH]c2ccccc12. The molecule has 2 N–H and O–H groups in total. The number of H-pyrrole nitrogens is 1. The number of benzene rings is 2. The maximum absolute atomic E-state index is 3.34. The molecule has 0 spiro atoms. The summed E-state index contributed by atoms with van der Waals surface area (Å²) in [5.41, 5.74) is 4.01. The molecule has 2 heteroatoms. The van der Waals surface area contributed by atoms with Gasteiger partial charge in [0, 0.05) is 28.2 Å². The molecule has 1 aromatic heterocycles. The summed E-state index contributed by atoms with van der Waals surface area (Å²) in [7, 11) is 2.24. The molecular formula is C17H19N2+. The smallest absolute Gasteiger partial charge is 0.105 e. The zero-order valence-corrected chi connectivity index (χ0v) is 11.2. The fraction of sp³-hybridized carbons (Fsp3) is 0.176. The molecule has 0 aliphatic rings. The summed E-state index contributed by atoms with van der Waals surface area (Å²) in [5, 5.41) is 1.34. The molecule has 0 saturated heterocycles. The van der Waals surface area contributed by atoms with Crippen molar-refractivity contribution in [2.24, 2.45) is 0 Å². The molecule has 1 unspecified atom stereocenters. The van der Waals surface area contributed by atoms with Crippen LogP contribution in [0.1, 0.15) is 11.1 Å². The molecule has 0 bridgehead atoms. The van der Waals surface area contributed by atoms with Gasteiger partial charge in [-0.05, 0) is 6.07 Å². The van der Waals surface area contributed by atoms with Gasteiger partial charge in [-0.25, -0.2) is 0 Å². The molecule has 1 atom stereocenters. The van der Waals surface area contributed by atoms with Gasteiger partial charge in [0.05, 0.1) is 7.05 Å². The number of aromatic nitrogens is 1. The van der Waals surface area contributed by atoms with Crippen LogP contribution < -0.4 is 4.90 Å². The van der Waals surface area contributed by atoms with Crippen LogP contribution in [0.3, 0.4) is 0 Å². The maximum Gasteiger partial charge on any atom is 0.105 e. The molecule has 2 aromatic carbocycles. The zero-order valence-electron chi connectivity index (χ0n) is 11.2. The molecule has 0 aliphatic heterocycles. The molecule has 1 heterocycles. The maximum atomic E-state index is 3.34. The Morgan fingerprint density at radius 3 is 2.47 bits per heavy atom. The first kappa shape index (κ1) is 12.0. The van der Waals surface area contributed by atoms with E-state index in [4.69, 9.17) is 0 Å². The van der Waals surface area contributed by atoms with E-state index in [1.807, 2.05) is 0 Å². The molecule has 0 amide bonds. The van der Waals surface area contributed by atoms with Crippen molar-refractivity contribution in [1.29, 1.82) is 0 Å². The van der Waals surface area contributed by atoms with E-state index in [0.29, 0.717) is 0 Å². The summed E-state index contributed by atoms with van der Waals surface area (Å²) < 4.78 is 0. The molecular weight excluding hydrogens is 232 g/mol. The third-order valence-corrected chi connectivity index (χ3v) is 3.52. The van der Waals surface area contributed by atoms with Crippen LogP contribution in [-0.2, 0) is 13.1 Å². The predicted molar refractivity (Wildman–Crippen MR) is 79.0 cm³/mol. The summed E-state index contributed by atoms with van der Waals surface area (Å²) in [6.45, 7) is 2.10. The van der Waals surface area contributed by atoms with Crippen LogP contribution in [0.5, 0.6) is 0 Å². The number of para-hydroxylation sites is 1. The quantitative estimate of drug-likeness (QED) is 0.710. The number of hydrogen-bond donors (Lipinski definition) is 2. The fourth-order valence-electron chi connectivity index (χ4n) is 2.61. The van der Waals surface area contributed by atoms with Crippen molar-refractivity contribution in [2.45, 2.75) is 13.1 Å². The molecule has 0 aliphatic carbocycles. The van der Waals surface area contributed by atoms with Gasteiger partial charge in [-0.3, -0.25) is 0 Å². The fourth-order valence-corrected chi connectivity index (χ4v) is 2.61. The lowest BCUT2D eigenvalue weighted by Gasteiger charge is -2.13. The van der Waals surface area contributed by atoms with E-state index in [-0.39, 0.29) is 0 Å². The average Bonchev–Trinajstić information content (AvgIpc) is 2.83. The Bertz CT molecular complexity index is 655. The second-order valence-electron chi connectivity index (χ2n) is 5.16. The van der Waals surface area contributed by atoms with Crippen LogP contribution in [-0.4, -0.2) is 12.0 Å². The Balaban J connectivity index is 1.74. The minimum absolute atomic E-state index is 1.04. The van der Waals surface area contributed by atoms with Crippen LogP contribution in [0.2, 0.25) is 0 Å². The highest BCUT2D eigenvalue weighted by Gasteiger charge is 2.09. The Kier molecular flexibility index (Phi) is 3.34. The van der Waals surface area contributed by atoms with E-state index in [9.17, 15) is 0 Å². The van der Waals surface area contributed by atoms with Gasteiger partial charge in [-0.1, -0.05) is 48.5 Å². The van der Waals surface area contributed by atoms with Crippen LogP contribution in [0.25, 0.3) is 10.9 Å². The van der Waals surface area contributed by atoms with Gasteiger partial charge in [-0.2, -0.15) is 0 Å². The van der Waals surface area contributed by atoms with Crippen molar-refractivity contribution < 1.29 is 4.90 Å². The molecule has 19 heavy (non-hydrogen) atoms. The highest BCUT2D eigenvalue weighted by molar-refractivity contribution is 5.82. The molecule has 0 fully saturated rings. The highest BCUT2D eigenvalue weighted by Crippen LogP contribution is 2.16. The number of nitrogens with one attached hydrogen (secondary N) is 2. The lowest BCUT2D eigenvalue weighted by atomic mass is 10.1. The van der Waals surface area contributed by atoms with Crippen LogP contribution in [0.4, 0.5) is 0 Å².